The van der Waals surface area contributed by atoms with Crippen molar-refractivity contribution in [1.82, 2.24) is 4.90 Å². The summed E-state index contributed by atoms with van der Waals surface area (Å²) in [4.78, 5) is 15.0. The lowest BCUT2D eigenvalue weighted by Gasteiger charge is -2.23. The van der Waals surface area contributed by atoms with Crippen molar-refractivity contribution in [3.63, 3.8) is 0 Å². The van der Waals surface area contributed by atoms with E-state index in [9.17, 15) is 18.0 Å². The van der Waals surface area contributed by atoms with Crippen LogP contribution in [-0.4, -0.2) is 18.0 Å². The van der Waals surface area contributed by atoms with E-state index in [0.29, 0.717) is 10.7 Å². The maximum atomic E-state index is 12.7. The van der Waals surface area contributed by atoms with Crippen LogP contribution in [0.1, 0.15) is 12.5 Å². The number of benzene rings is 1. The van der Waals surface area contributed by atoms with Crippen LogP contribution in [0, 0.1) is 12.3 Å². The molecule has 2 rings (SSSR count). The number of alkyl halides is 3. The quantitative estimate of drug-likeness (QED) is 0.820. The van der Waals surface area contributed by atoms with Gasteiger partial charge in [-0.3, -0.25) is 4.90 Å². The summed E-state index contributed by atoms with van der Waals surface area (Å²) in [5, 5.41) is 0.524. The third-order valence-electron chi connectivity index (χ3n) is 3.27. The second kappa shape index (κ2) is 6.53. The van der Waals surface area contributed by atoms with E-state index < -0.39 is 17.8 Å². The molecule has 1 aromatic rings. The summed E-state index contributed by atoms with van der Waals surface area (Å²) < 4.78 is 38.1. The number of nitrogens with two attached hydrogens (primary N) is 1. The molecule has 0 unspecified atom stereocenters. The maximum absolute atomic E-state index is 12.7. The normalized spacial score (nSPS) is 16.5. The van der Waals surface area contributed by atoms with Crippen LogP contribution in [0.3, 0.4) is 0 Å². The second-order valence-corrected chi connectivity index (χ2v) is 6.19. The van der Waals surface area contributed by atoms with Crippen LogP contribution < -0.4 is 10.6 Å². The number of amides is 2. The Morgan fingerprint density at radius 1 is 1.33 bits per heavy atom. The molecule has 0 atom stereocenters. The minimum absolute atomic E-state index is 0.237. The van der Waals surface area contributed by atoms with Gasteiger partial charge in [-0.2, -0.15) is 13.2 Å². The van der Waals surface area contributed by atoms with E-state index in [0.717, 1.165) is 21.9 Å². The molecule has 0 fully saturated rings. The lowest BCUT2D eigenvalue weighted by atomic mass is 10.2. The van der Waals surface area contributed by atoms with Gasteiger partial charge in [0, 0.05) is 23.8 Å². The third kappa shape index (κ3) is 3.51. The number of allylic oxidation sites excluding steroid dienone is 2. The van der Waals surface area contributed by atoms with Gasteiger partial charge in [0.1, 0.15) is 10.7 Å². The maximum Gasteiger partial charge on any atom is 0.416 e. The van der Waals surface area contributed by atoms with Crippen molar-refractivity contribution in [3.05, 3.63) is 51.7 Å². The Balaban J connectivity index is 2.47. The molecule has 0 bridgehead atoms. The summed E-state index contributed by atoms with van der Waals surface area (Å²) in [6, 6.07) is 3.94. The van der Waals surface area contributed by atoms with Gasteiger partial charge >= 0.3 is 12.2 Å². The Hall–Kier alpha value is -2.53. The molecule has 0 saturated heterocycles. The molecule has 0 spiro atoms. The van der Waals surface area contributed by atoms with Crippen molar-refractivity contribution < 1.29 is 18.0 Å². The molecule has 8 heteroatoms. The predicted molar refractivity (Wildman–Crippen MR) is 88.5 cm³/mol. The fraction of sp³-hybridized carbons (Fsp3) is 0.188. The molecule has 0 aromatic heterocycles. The minimum Gasteiger partial charge on any atom is -0.351 e. The molecule has 2 amide bonds. The highest BCUT2D eigenvalue weighted by Gasteiger charge is 2.31. The third-order valence-corrected chi connectivity index (χ3v) is 4.28. The number of anilines is 1. The summed E-state index contributed by atoms with van der Waals surface area (Å²) >= 11 is 1.31. The van der Waals surface area contributed by atoms with Gasteiger partial charge in [0.15, 0.2) is 0 Å². The van der Waals surface area contributed by atoms with Crippen LogP contribution in [0.5, 0.6) is 0 Å². The van der Waals surface area contributed by atoms with Gasteiger partial charge in [-0.25, -0.2) is 4.79 Å². The van der Waals surface area contributed by atoms with Crippen LogP contribution in [0.4, 0.5) is 23.7 Å². The van der Waals surface area contributed by atoms with Crippen LogP contribution in [0.25, 0.3) is 0 Å². The monoisotopic (exact) mass is 353 g/mol. The van der Waals surface area contributed by atoms with Crippen LogP contribution in [-0.2, 0) is 6.18 Å². The van der Waals surface area contributed by atoms with Crippen LogP contribution >= 0.6 is 11.8 Å². The second-order valence-electron chi connectivity index (χ2n) is 4.95. The first-order valence-electron chi connectivity index (χ1n) is 6.72. The average Bonchev–Trinajstić information content (AvgIpc) is 2.89. The standard InChI is InChI=1S/C16H14F3N3OS/c1-4-13(21(3)15(20)23)14-22(9-10(2)24-14)12-7-5-11(6-8-12)16(17,18)19/h1,5-9H,2-3H3,(H2,20,23)/b14-13-. The Labute approximate surface area is 141 Å². The zero-order valence-electron chi connectivity index (χ0n) is 12.9. The van der Waals surface area contributed by atoms with Crippen LogP contribution in [0.2, 0.25) is 0 Å². The van der Waals surface area contributed by atoms with Crippen molar-refractivity contribution in [3.8, 4) is 12.3 Å². The van der Waals surface area contributed by atoms with E-state index in [4.69, 9.17) is 12.2 Å². The number of carbonyl (C=O) groups excluding carboxylic acids is 1. The lowest BCUT2D eigenvalue weighted by molar-refractivity contribution is -0.137. The lowest BCUT2D eigenvalue weighted by Crippen LogP contribution is -2.32. The molecule has 1 aromatic carbocycles. The first-order valence-corrected chi connectivity index (χ1v) is 7.53. The number of halogens is 3. The van der Waals surface area contributed by atoms with Gasteiger partial charge < -0.3 is 10.6 Å². The van der Waals surface area contributed by atoms with Crippen molar-refractivity contribution in [2.45, 2.75) is 13.1 Å². The molecule has 1 aliphatic heterocycles. The highest BCUT2D eigenvalue weighted by Crippen LogP contribution is 2.42. The Morgan fingerprint density at radius 3 is 2.38 bits per heavy atom. The van der Waals surface area contributed by atoms with Gasteiger partial charge in [0.25, 0.3) is 0 Å². The average molecular weight is 353 g/mol. The fourth-order valence-electron chi connectivity index (χ4n) is 2.05. The highest BCUT2D eigenvalue weighted by atomic mass is 32.2. The van der Waals surface area contributed by atoms with Crippen molar-refractivity contribution in [2.24, 2.45) is 5.73 Å². The van der Waals surface area contributed by atoms with Gasteiger partial charge in [-0.05, 0) is 37.1 Å². The van der Waals surface area contributed by atoms with E-state index >= 15 is 0 Å². The summed E-state index contributed by atoms with van der Waals surface area (Å²) in [5.74, 6) is 2.41. The molecule has 24 heavy (non-hydrogen) atoms. The number of urea groups is 1. The fourth-order valence-corrected chi connectivity index (χ4v) is 3.06. The first kappa shape index (κ1) is 17.8. The van der Waals surface area contributed by atoms with E-state index in [-0.39, 0.29) is 5.70 Å². The van der Waals surface area contributed by atoms with Crippen molar-refractivity contribution in [2.75, 3.05) is 11.9 Å². The highest BCUT2D eigenvalue weighted by molar-refractivity contribution is 8.07. The van der Waals surface area contributed by atoms with Crippen molar-refractivity contribution >= 4 is 23.5 Å². The molecular weight excluding hydrogens is 339 g/mol. The topological polar surface area (TPSA) is 49.6 Å². The van der Waals surface area contributed by atoms with E-state index in [1.54, 1.807) is 11.1 Å². The van der Waals surface area contributed by atoms with E-state index in [2.05, 4.69) is 5.92 Å². The van der Waals surface area contributed by atoms with Gasteiger partial charge in [-0.15, -0.1) is 6.42 Å². The van der Waals surface area contributed by atoms with Gasteiger partial charge in [0.05, 0.1) is 5.56 Å². The van der Waals surface area contributed by atoms with Gasteiger partial charge in [0.2, 0.25) is 0 Å². The number of thioether (sulfide) groups is 1. The zero-order chi connectivity index (χ0) is 18.1. The SMILES string of the molecule is C#C/C(=C1/SC(C)=CN1c1ccc(C(F)(F)F)cc1)N(C)C(N)=O. The molecule has 0 radical (unpaired) electrons. The Bertz CT molecular complexity index is 760. The number of hydrogen-bond donors (Lipinski definition) is 1. The number of rotatable bonds is 2. The summed E-state index contributed by atoms with van der Waals surface area (Å²) in [5.41, 5.74) is 5.24. The number of terminal acetylenes is 1. The first-order chi connectivity index (χ1) is 11.1. The largest absolute Gasteiger partial charge is 0.416 e. The molecule has 0 saturated carbocycles. The molecule has 1 aliphatic rings. The molecule has 4 nitrogen and oxygen atoms in total. The smallest absolute Gasteiger partial charge is 0.351 e. The number of hydrogen-bond acceptors (Lipinski definition) is 3. The number of primary amides is 1. The molecule has 2 N–H and O–H groups in total. The van der Waals surface area contributed by atoms with E-state index in [1.807, 2.05) is 6.92 Å². The molecule has 0 aliphatic carbocycles. The molecular formula is C16H14F3N3OS. The number of nitrogens with zero attached hydrogens (tertiary/aromatic N) is 2. The number of carbonyl (C=O) groups is 1. The minimum atomic E-state index is -4.40. The summed E-state index contributed by atoms with van der Waals surface area (Å²) in [6.07, 6.45) is 2.82. The Morgan fingerprint density at radius 2 is 1.92 bits per heavy atom. The summed E-state index contributed by atoms with van der Waals surface area (Å²) in [7, 11) is 1.43. The Kier molecular flexibility index (Phi) is 4.85. The summed E-state index contributed by atoms with van der Waals surface area (Å²) in [6.45, 7) is 1.83. The van der Waals surface area contributed by atoms with Gasteiger partial charge in [-0.1, -0.05) is 11.8 Å². The van der Waals surface area contributed by atoms with Crippen molar-refractivity contribution in [1.29, 1.82) is 0 Å². The molecule has 126 valence electrons. The molecule has 1 heterocycles. The van der Waals surface area contributed by atoms with E-state index in [1.165, 1.54) is 30.9 Å². The zero-order valence-corrected chi connectivity index (χ0v) is 13.7. The predicted octanol–water partition coefficient (Wildman–Crippen LogP) is 3.93. The van der Waals surface area contributed by atoms with Crippen LogP contribution in [0.15, 0.2) is 46.1 Å².